The van der Waals surface area contributed by atoms with Gasteiger partial charge in [-0.3, -0.25) is 0 Å². The zero-order valence-electron chi connectivity index (χ0n) is 9.80. The SMILES string of the molecule is Cc1oc(CN)cc1S(=O)(=O)NCc1ncc[nH]1. The number of imidazole rings is 1. The number of sulfonamides is 1. The number of aromatic amines is 1. The summed E-state index contributed by atoms with van der Waals surface area (Å²) < 4.78 is 31.7. The van der Waals surface area contributed by atoms with Crippen molar-refractivity contribution in [1.29, 1.82) is 0 Å². The van der Waals surface area contributed by atoms with Crippen molar-refractivity contribution in [3.63, 3.8) is 0 Å². The number of aromatic nitrogens is 2. The zero-order valence-corrected chi connectivity index (χ0v) is 10.6. The Kier molecular flexibility index (Phi) is 3.50. The molecule has 0 atom stereocenters. The molecule has 2 heterocycles. The number of hydrogen-bond donors (Lipinski definition) is 3. The van der Waals surface area contributed by atoms with Crippen LogP contribution in [-0.4, -0.2) is 18.4 Å². The molecular formula is C10H14N4O3S. The van der Waals surface area contributed by atoms with E-state index in [-0.39, 0.29) is 18.0 Å². The van der Waals surface area contributed by atoms with Crippen LogP contribution in [0.2, 0.25) is 0 Å². The summed E-state index contributed by atoms with van der Waals surface area (Å²) in [6.45, 7) is 1.84. The van der Waals surface area contributed by atoms with Gasteiger partial charge in [-0.1, -0.05) is 0 Å². The predicted octanol–water partition coefficient (Wildman–Crippen LogP) is 0.248. The summed E-state index contributed by atoms with van der Waals surface area (Å²) in [7, 11) is -3.62. The number of rotatable bonds is 5. The Morgan fingerprint density at radius 3 is 2.89 bits per heavy atom. The van der Waals surface area contributed by atoms with E-state index in [1.54, 1.807) is 19.3 Å². The van der Waals surface area contributed by atoms with Crippen LogP contribution in [0, 0.1) is 6.92 Å². The van der Waals surface area contributed by atoms with Gasteiger partial charge in [0.05, 0.1) is 13.1 Å². The molecule has 0 aromatic carbocycles. The van der Waals surface area contributed by atoms with Gasteiger partial charge in [-0.25, -0.2) is 18.1 Å². The molecule has 8 heteroatoms. The lowest BCUT2D eigenvalue weighted by atomic mass is 10.4. The van der Waals surface area contributed by atoms with Crippen LogP contribution in [0.25, 0.3) is 0 Å². The molecule has 0 saturated heterocycles. The van der Waals surface area contributed by atoms with Crippen molar-refractivity contribution in [2.75, 3.05) is 0 Å². The van der Waals surface area contributed by atoms with Gasteiger partial charge in [0, 0.05) is 18.5 Å². The van der Waals surface area contributed by atoms with E-state index < -0.39 is 10.0 Å². The third kappa shape index (κ3) is 2.61. The summed E-state index contributed by atoms with van der Waals surface area (Å²) in [6.07, 6.45) is 3.18. The molecule has 98 valence electrons. The van der Waals surface area contributed by atoms with Gasteiger partial charge in [0.15, 0.2) is 0 Å². The molecule has 7 nitrogen and oxygen atoms in total. The van der Waals surface area contributed by atoms with Crippen LogP contribution in [-0.2, 0) is 23.1 Å². The molecule has 0 saturated carbocycles. The lowest BCUT2D eigenvalue weighted by Crippen LogP contribution is -2.24. The molecule has 0 spiro atoms. The van der Waals surface area contributed by atoms with E-state index in [4.69, 9.17) is 10.2 Å². The highest BCUT2D eigenvalue weighted by Crippen LogP contribution is 2.19. The fraction of sp³-hybridized carbons (Fsp3) is 0.300. The van der Waals surface area contributed by atoms with Crippen LogP contribution in [0.4, 0.5) is 0 Å². The minimum Gasteiger partial charge on any atom is -0.464 e. The van der Waals surface area contributed by atoms with Gasteiger partial charge < -0.3 is 15.1 Å². The van der Waals surface area contributed by atoms with Gasteiger partial charge >= 0.3 is 0 Å². The van der Waals surface area contributed by atoms with E-state index in [0.29, 0.717) is 17.3 Å². The molecule has 0 radical (unpaired) electrons. The van der Waals surface area contributed by atoms with Gasteiger partial charge in [-0.15, -0.1) is 0 Å². The second-order valence-electron chi connectivity index (χ2n) is 3.70. The smallest absolute Gasteiger partial charge is 0.244 e. The first-order valence-electron chi connectivity index (χ1n) is 5.30. The number of furan rings is 1. The average Bonchev–Trinajstić information content (AvgIpc) is 2.95. The van der Waals surface area contributed by atoms with Gasteiger partial charge in [-0.2, -0.15) is 0 Å². The lowest BCUT2D eigenvalue weighted by molar-refractivity contribution is 0.478. The van der Waals surface area contributed by atoms with Crippen molar-refractivity contribution in [3.05, 3.63) is 35.8 Å². The van der Waals surface area contributed by atoms with E-state index in [0.717, 1.165) is 0 Å². The summed E-state index contributed by atoms with van der Waals surface area (Å²) in [4.78, 5) is 6.85. The van der Waals surface area contributed by atoms with E-state index in [9.17, 15) is 8.42 Å². The lowest BCUT2D eigenvalue weighted by Gasteiger charge is -2.03. The third-order valence-electron chi connectivity index (χ3n) is 2.40. The van der Waals surface area contributed by atoms with Crippen molar-refractivity contribution in [2.24, 2.45) is 5.73 Å². The normalized spacial score (nSPS) is 11.9. The van der Waals surface area contributed by atoms with Crippen molar-refractivity contribution in [3.8, 4) is 0 Å². The maximum Gasteiger partial charge on any atom is 0.244 e. The van der Waals surface area contributed by atoms with E-state index in [1.807, 2.05) is 0 Å². The van der Waals surface area contributed by atoms with Gasteiger partial charge in [-0.05, 0) is 6.92 Å². The molecule has 0 bridgehead atoms. The highest BCUT2D eigenvalue weighted by atomic mass is 32.2. The summed E-state index contributed by atoms with van der Waals surface area (Å²) in [5.41, 5.74) is 5.40. The van der Waals surface area contributed by atoms with Gasteiger partial charge in [0.2, 0.25) is 10.0 Å². The minimum absolute atomic E-state index is 0.0952. The van der Waals surface area contributed by atoms with E-state index >= 15 is 0 Å². The molecule has 0 fully saturated rings. The molecule has 4 N–H and O–H groups in total. The molecule has 0 aliphatic carbocycles. The molecule has 0 unspecified atom stereocenters. The number of hydrogen-bond acceptors (Lipinski definition) is 5. The van der Waals surface area contributed by atoms with Crippen LogP contribution < -0.4 is 10.5 Å². The topological polar surface area (TPSA) is 114 Å². The Hall–Kier alpha value is -1.64. The number of nitrogens with one attached hydrogen (secondary N) is 2. The highest BCUT2D eigenvalue weighted by Gasteiger charge is 2.21. The molecule has 0 aliphatic rings. The molecular weight excluding hydrogens is 256 g/mol. The Labute approximate surface area is 104 Å². The average molecular weight is 270 g/mol. The molecule has 2 rings (SSSR count). The molecule has 2 aromatic heterocycles. The highest BCUT2D eigenvalue weighted by molar-refractivity contribution is 7.89. The molecule has 0 amide bonds. The second kappa shape index (κ2) is 4.92. The van der Waals surface area contributed by atoms with Crippen LogP contribution in [0.5, 0.6) is 0 Å². The summed E-state index contributed by atoms with van der Waals surface area (Å²) in [5.74, 6) is 1.30. The second-order valence-corrected chi connectivity index (χ2v) is 5.43. The Balaban J connectivity index is 2.17. The summed E-state index contributed by atoms with van der Waals surface area (Å²) in [5, 5.41) is 0. The molecule has 18 heavy (non-hydrogen) atoms. The number of H-pyrrole nitrogens is 1. The first kappa shape index (κ1) is 12.8. The number of nitrogens with two attached hydrogens (primary N) is 1. The zero-order chi connectivity index (χ0) is 13.2. The van der Waals surface area contributed by atoms with Crippen LogP contribution in [0.1, 0.15) is 17.3 Å². The standard InChI is InChI=1S/C10H14N4O3S/c1-7-9(4-8(5-11)17-7)18(15,16)14-6-10-12-2-3-13-10/h2-4,14H,5-6,11H2,1H3,(H,12,13). The Bertz CT molecular complexity index is 616. The fourth-order valence-electron chi connectivity index (χ4n) is 1.53. The van der Waals surface area contributed by atoms with Crippen LogP contribution in [0.15, 0.2) is 27.8 Å². The minimum atomic E-state index is -3.62. The summed E-state index contributed by atoms with van der Waals surface area (Å²) in [6, 6.07) is 1.43. The Morgan fingerprint density at radius 2 is 2.33 bits per heavy atom. The monoisotopic (exact) mass is 270 g/mol. The Morgan fingerprint density at radius 1 is 1.56 bits per heavy atom. The van der Waals surface area contributed by atoms with E-state index in [2.05, 4.69) is 14.7 Å². The van der Waals surface area contributed by atoms with Crippen LogP contribution in [0.3, 0.4) is 0 Å². The molecule has 0 aliphatic heterocycles. The predicted molar refractivity (Wildman–Crippen MR) is 63.9 cm³/mol. The summed E-state index contributed by atoms with van der Waals surface area (Å²) >= 11 is 0. The maximum absolute atomic E-state index is 12.0. The van der Waals surface area contributed by atoms with Gasteiger partial charge in [0.1, 0.15) is 22.2 Å². The molecule has 2 aromatic rings. The first-order chi connectivity index (χ1) is 8.53. The largest absolute Gasteiger partial charge is 0.464 e. The van der Waals surface area contributed by atoms with Crippen molar-refractivity contribution in [2.45, 2.75) is 24.9 Å². The van der Waals surface area contributed by atoms with Crippen molar-refractivity contribution >= 4 is 10.0 Å². The number of aryl methyl sites for hydroxylation is 1. The van der Waals surface area contributed by atoms with Crippen LogP contribution >= 0.6 is 0 Å². The third-order valence-corrected chi connectivity index (χ3v) is 3.91. The van der Waals surface area contributed by atoms with Crippen molar-refractivity contribution in [1.82, 2.24) is 14.7 Å². The first-order valence-corrected chi connectivity index (χ1v) is 6.78. The quantitative estimate of drug-likeness (QED) is 0.720. The maximum atomic E-state index is 12.0. The van der Waals surface area contributed by atoms with Crippen molar-refractivity contribution < 1.29 is 12.8 Å². The van der Waals surface area contributed by atoms with Gasteiger partial charge in [0.25, 0.3) is 0 Å². The fourth-order valence-corrected chi connectivity index (χ4v) is 2.72. The number of nitrogens with zero attached hydrogens (tertiary/aromatic N) is 1. The van der Waals surface area contributed by atoms with E-state index in [1.165, 1.54) is 6.07 Å².